The summed E-state index contributed by atoms with van der Waals surface area (Å²) >= 11 is 0. The van der Waals surface area contributed by atoms with E-state index in [2.05, 4.69) is 5.32 Å². The summed E-state index contributed by atoms with van der Waals surface area (Å²) in [6.45, 7) is 8.26. The van der Waals surface area contributed by atoms with Crippen molar-refractivity contribution < 1.29 is 9.53 Å². The molecule has 1 aromatic rings. The van der Waals surface area contributed by atoms with Crippen molar-refractivity contribution in [1.82, 2.24) is 5.32 Å². The van der Waals surface area contributed by atoms with Crippen LogP contribution in [0.3, 0.4) is 0 Å². The third kappa shape index (κ3) is 4.23. The van der Waals surface area contributed by atoms with Crippen LogP contribution in [0.25, 0.3) is 0 Å². The number of benzene rings is 1. The molecule has 0 radical (unpaired) electrons. The molecule has 0 aliphatic rings. The fourth-order valence-electron chi connectivity index (χ4n) is 2.00. The van der Waals surface area contributed by atoms with Crippen LogP contribution in [-0.2, 0) is 4.79 Å². The topological polar surface area (TPSA) is 64.3 Å². The molecule has 1 atom stereocenters. The Hall–Kier alpha value is -1.55. The molecule has 4 nitrogen and oxygen atoms in total. The van der Waals surface area contributed by atoms with E-state index in [9.17, 15) is 4.79 Å². The van der Waals surface area contributed by atoms with Crippen molar-refractivity contribution in [3.05, 3.63) is 29.8 Å². The highest BCUT2D eigenvalue weighted by atomic mass is 16.5. The Balaban J connectivity index is 2.65. The van der Waals surface area contributed by atoms with Crippen LogP contribution in [0.5, 0.6) is 5.75 Å². The van der Waals surface area contributed by atoms with Crippen molar-refractivity contribution in [3.63, 3.8) is 0 Å². The standard InChI is InChI=1S/C16H26N2O2/c1-5-16(6-2,11-17)18-15(19)13(4)20-14-9-7-12(3)8-10-14/h7-10,13H,5-6,11,17H2,1-4H3,(H,18,19). The van der Waals surface area contributed by atoms with Crippen LogP contribution in [0.15, 0.2) is 24.3 Å². The van der Waals surface area contributed by atoms with Crippen molar-refractivity contribution in [1.29, 1.82) is 0 Å². The van der Waals surface area contributed by atoms with Gasteiger partial charge in [-0.05, 0) is 38.8 Å². The van der Waals surface area contributed by atoms with Gasteiger partial charge in [0.15, 0.2) is 6.10 Å². The fourth-order valence-corrected chi connectivity index (χ4v) is 2.00. The number of amides is 1. The second-order valence-electron chi connectivity index (χ2n) is 5.25. The van der Waals surface area contributed by atoms with E-state index < -0.39 is 6.10 Å². The molecule has 0 aliphatic carbocycles. The zero-order valence-corrected chi connectivity index (χ0v) is 12.9. The molecule has 3 N–H and O–H groups in total. The predicted octanol–water partition coefficient (Wildman–Crippen LogP) is 2.40. The normalized spacial score (nSPS) is 12.8. The van der Waals surface area contributed by atoms with E-state index in [1.54, 1.807) is 6.92 Å². The lowest BCUT2D eigenvalue weighted by Crippen LogP contribution is -2.55. The van der Waals surface area contributed by atoms with Gasteiger partial charge in [-0.3, -0.25) is 4.79 Å². The lowest BCUT2D eigenvalue weighted by Gasteiger charge is -2.32. The second kappa shape index (κ2) is 7.29. The van der Waals surface area contributed by atoms with Gasteiger partial charge in [-0.25, -0.2) is 0 Å². The first-order valence-corrected chi connectivity index (χ1v) is 7.21. The Labute approximate surface area is 121 Å². The van der Waals surface area contributed by atoms with Crippen molar-refractivity contribution in [3.8, 4) is 5.75 Å². The van der Waals surface area contributed by atoms with Crippen LogP contribution in [0, 0.1) is 6.92 Å². The third-order valence-corrected chi connectivity index (χ3v) is 3.84. The summed E-state index contributed by atoms with van der Waals surface area (Å²) in [5, 5.41) is 3.02. The Morgan fingerprint density at radius 2 is 1.85 bits per heavy atom. The van der Waals surface area contributed by atoms with Gasteiger partial charge in [-0.2, -0.15) is 0 Å². The van der Waals surface area contributed by atoms with Crippen LogP contribution in [0.1, 0.15) is 39.2 Å². The van der Waals surface area contributed by atoms with Gasteiger partial charge in [-0.1, -0.05) is 31.5 Å². The molecule has 4 heteroatoms. The first-order chi connectivity index (χ1) is 9.46. The van der Waals surface area contributed by atoms with E-state index in [0.29, 0.717) is 12.3 Å². The molecule has 1 unspecified atom stereocenters. The largest absolute Gasteiger partial charge is 0.481 e. The Morgan fingerprint density at radius 3 is 2.30 bits per heavy atom. The number of hydrogen-bond acceptors (Lipinski definition) is 3. The van der Waals surface area contributed by atoms with Crippen LogP contribution >= 0.6 is 0 Å². The molecule has 0 aromatic heterocycles. The van der Waals surface area contributed by atoms with Gasteiger partial charge in [-0.15, -0.1) is 0 Å². The monoisotopic (exact) mass is 278 g/mol. The zero-order chi connectivity index (χ0) is 15.2. The first kappa shape index (κ1) is 16.5. The molecule has 0 aliphatic heterocycles. The summed E-state index contributed by atoms with van der Waals surface area (Å²) < 4.78 is 5.66. The SMILES string of the molecule is CCC(CC)(CN)NC(=O)C(C)Oc1ccc(C)cc1. The van der Waals surface area contributed by atoms with Crippen LogP contribution in [0.4, 0.5) is 0 Å². The van der Waals surface area contributed by atoms with Gasteiger partial charge in [0, 0.05) is 6.54 Å². The minimum absolute atomic E-state index is 0.125. The first-order valence-electron chi connectivity index (χ1n) is 7.21. The molecule has 0 bridgehead atoms. The number of hydrogen-bond donors (Lipinski definition) is 2. The van der Waals surface area contributed by atoms with Gasteiger partial charge in [0.05, 0.1) is 5.54 Å². The number of rotatable bonds is 7. The van der Waals surface area contributed by atoms with Gasteiger partial charge in [0.1, 0.15) is 5.75 Å². The molecule has 20 heavy (non-hydrogen) atoms. The number of carbonyl (C=O) groups excluding carboxylic acids is 1. The maximum atomic E-state index is 12.2. The fraction of sp³-hybridized carbons (Fsp3) is 0.562. The van der Waals surface area contributed by atoms with Gasteiger partial charge in [0.2, 0.25) is 0 Å². The van der Waals surface area contributed by atoms with Crippen LogP contribution < -0.4 is 15.8 Å². The van der Waals surface area contributed by atoms with E-state index >= 15 is 0 Å². The highest BCUT2D eigenvalue weighted by molar-refractivity contribution is 5.81. The van der Waals surface area contributed by atoms with Crippen molar-refractivity contribution in [2.45, 2.75) is 52.2 Å². The molecule has 0 spiro atoms. The van der Waals surface area contributed by atoms with E-state index in [4.69, 9.17) is 10.5 Å². The van der Waals surface area contributed by atoms with Crippen molar-refractivity contribution in [2.75, 3.05) is 6.54 Å². The molecule has 1 rings (SSSR count). The third-order valence-electron chi connectivity index (χ3n) is 3.84. The minimum atomic E-state index is -0.540. The lowest BCUT2D eigenvalue weighted by atomic mass is 9.92. The number of aryl methyl sites for hydroxylation is 1. The molecule has 1 amide bonds. The highest BCUT2D eigenvalue weighted by Crippen LogP contribution is 2.16. The maximum absolute atomic E-state index is 12.2. The molecule has 1 aromatic carbocycles. The number of carbonyl (C=O) groups is 1. The number of nitrogens with one attached hydrogen (secondary N) is 1. The summed E-state index contributed by atoms with van der Waals surface area (Å²) in [5.74, 6) is 0.573. The lowest BCUT2D eigenvalue weighted by molar-refractivity contribution is -0.129. The summed E-state index contributed by atoms with van der Waals surface area (Å²) in [4.78, 5) is 12.2. The summed E-state index contributed by atoms with van der Waals surface area (Å²) in [7, 11) is 0. The van der Waals surface area contributed by atoms with Crippen LogP contribution in [-0.4, -0.2) is 24.1 Å². The second-order valence-corrected chi connectivity index (χ2v) is 5.25. The minimum Gasteiger partial charge on any atom is -0.481 e. The molecular weight excluding hydrogens is 252 g/mol. The average molecular weight is 278 g/mol. The Morgan fingerprint density at radius 1 is 1.30 bits per heavy atom. The molecule has 0 saturated heterocycles. The Kier molecular flexibility index (Phi) is 6.02. The molecule has 0 fully saturated rings. The summed E-state index contributed by atoms with van der Waals surface area (Å²) in [6.07, 6.45) is 1.08. The van der Waals surface area contributed by atoms with E-state index in [-0.39, 0.29) is 11.4 Å². The molecule has 0 heterocycles. The Bertz CT molecular complexity index is 416. The highest BCUT2D eigenvalue weighted by Gasteiger charge is 2.28. The van der Waals surface area contributed by atoms with E-state index in [1.165, 1.54) is 0 Å². The van der Waals surface area contributed by atoms with Gasteiger partial charge >= 0.3 is 0 Å². The maximum Gasteiger partial charge on any atom is 0.261 e. The predicted molar refractivity (Wildman–Crippen MR) is 81.8 cm³/mol. The number of nitrogens with two attached hydrogens (primary N) is 1. The van der Waals surface area contributed by atoms with Crippen molar-refractivity contribution in [2.24, 2.45) is 5.73 Å². The van der Waals surface area contributed by atoms with Crippen molar-refractivity contribution >= 4 is 5.91 Å². The number of ether oxygens (including phenoxy) is 1. The van der Waals surface area contributed by atoms with Crippen LogP contribution in [0.2, 0.25) is 0 Å². The summed E-state index contributed by atoms with van der Waals surface area (Å²) in [6, 6.07) is 7.66. The smallest absolute Gasteiger partial charge is 0.261 e. The van der Waals surface area contributed by atoms with E-state index in [1.807, 2.05) is 45.0 Å². The molecular formula is C16H26N2O2. The molecule has 0 saturated carbocycles. The van der Waals surface area contributed by atoms with Gasteiger partial charge < -0.3 is 15.8 Å². The average Bonchev–Trinajstić information content (AvgIpc) is 2.47. The zero-order valence-electron chi connectivity index (χ0n) is 12.9. The summed E-state index contributed by atoms with van der Waals surface area (Å²) in [5.41, 5.74) is 6.62. The molecule has 112 valence electrons. The van der Waals surface area contributed by atoms with Gasteiger partial charge in [0.25, 0.3) is 5.91 Å². The quantitative estimate of drug-likeness (QED) is 0.805. The van der Waals surface area contributed by atoms with E-state index in [0.717, 1.165) is 18.4 Å².